The van der Waals surface area contributed by atoms with Gasteiger partial charge in [-0.2, -0.15) is 0 Å². The number of nitrogens with one attached hydrogen (secondary N) is 3. The molecule has 4 N–H and O–H groups in total. The molecule has 3 amide bonds. The van der Waals surface area contributed by atoms with Crippen LogP contribution in [0, 0.1) is 17.7 Å². The van der Waals surface area contributed by atoms with Gasteiger partial charge in [-0.25, -0.2) is 9.37 Å². The third kappa shape index (κ3) is 4.35. The molecule has 10 nitrogen and oxygen atoms in total. The minimum Gasteiger partial charge on any atom is -0.501 e. The molecule has 2 fully saturated rings. The van der Waals surface area contributed by atoms with Crippen molar-refractivity contribution in [3.8, 4) is 5.75 Å². The van der Waals surface area contributed by atoms with Crippen LogP contribution in [-0.2, 0) is 28.2 Å². The molecule has 2 aromatic rings. The topological polar surface area (TPSA) is 142 Å². The molecular weight excluding hydrogens is 493 g/mol. The highest BCUT2D eigenvalue weighted by Gasteiger charge is 2.61. The van der Waals surface area contributed by atoms with E-state index in [1.807, 2.05) is 0 Å². The van der Waals surface area contributed by atoms with E-state index in [-0.39, 0.29) is 30.1 Å². The Bertz CT molecular complexity index is 1380. The van der Waals surface area contributed by atoms with E-state index in [0.717, 1.165) is 0 Å². The summed E-state index contributed by atoms with van der Waals surface area (Å²) < 4.78 is 14.6. The molecule has 4 aliphatic rings. The molecule has 1 aromatic carbocycles. The van der Waals surface area contributed by atoms with Gasteiger partial charge in [0, 0.05) is 25.9 Å². The first-order valence-electron chi connectivity index (χ1n) is 12.7. The zero-order valence-corrected chi connectivity index (χ0v) is 21.1. The number of carbonyl (C=O) groups excluding carboxylic acids is 3. The van der Waals surface area contributed by atoms with Gasteiger partial charge in [0.25, 0.3) is 11.5 Å². The fourth-order valence-corrected chi connectivity index (χ4v) is 5.80. The number of hydrogen-bond acceptors (Lipinski definition) is 6. The highest BCUT2D eigenvalue weighted by molar-refractivity contribution is 5.96. The van der Waals surface area contributed by atoms with Gasteiger partial charge < -0.3 is 21.1 Å². The molecule has 11 heteroatoms. The summed E-state index contributed by atoms with van der Waals surface area (Å²) in [5.74, 6) is -2.54. The van der Waals surface area contributed by atoms with E-state index >= 15 is 0 Å². The molecule has 0 radical (unpaired) electrons. The number of aromatic nitrogens is 2. The van der Waals surface area contributed by atoms with Crippen LogP contribution < -0.4 is 21.5 Å². The first kappa shape index (κ1) is 25.6. The predicted octanol–water partition coefficient (Wildman–Crippen LogP) is 1.61. The number of halogens is 1. The van der Waals surface area contributed by atoms with Crippen LogP contribution in [0.3, 0.4) is 0 Å². The maximum Gasteiger partial charge on any atom is 0.296 e. The standard InChI is InChI=1S/C27H30FN5O5/c1-3-18-12-27(18,31-15(2)34)25(38)32-26-10-8-17(9-11-26)14-33-23(37)21(35)20(30-24(26)33)22(36)29-13-16-4-6-19(28)7-5-16/h3-7,17-18,35H,1,8-14H2,2H3,(H,29,36)(H,31,34)(H,32,38)/t17?,18-,26?,27-/m1/s1. The lowest BCUT2D eigenvalue weighted by Gasteiger charge is -2.38. The van der Waals surface area contributed by atoms with Crippen LogP contribution in [0.1, 0.15) is 60.9 Å². The van der Waals surface area contributed by atoms with Crippen molar-refractivity contribution in [2.75, 3.05) is 0 Å². The van der Waals surface area contributed by atoms with Crippen LogP contribution in [-0.4, -0.2) is 37.9 Å². The molecule has 0 unspecified atom stereocenters. The van der Waals surface area contributed by atoms with Gasteiger partial charge in [-0.3, -0.25) is 23.7 Å². The minimum absolute atomic E-state index is 0.0325. The molecule has 2 aliphatic carbocycles. The average Bonchev–Trinajstić information content (AvgIpc) is 3.65. The summed E-state index contributed by atoms with van der Waals surface area (Å²) in [7, 11) is 0. The molecule has 3 heterocycles. The fourth-order valence-electron chi connectivity index (χ4n) is 5.80. The molecular formula is C27H30FN5O5. The van der Waals surface area contributed by atoms with Gasteiger partial charge in [0.1, 0.15) is 17.2 Å². The molecule has 38 heavy (non-hydrogen) atoms. The first-order valence-corrected chi connectivity index (χ1v) is 12.7. The zero-order valence-electron chi connectivity index (χ0n) is 21.1. The van der Waals surface area contributed by atoms with Crippen LogP contribution in [0.4, 0.5) is 4.39 Å². The van der Waals surface area contributed by atoms with Gasteiger partial charge in [0.05, 0.1) is 5.54 Å². The van der Waals surface area contributed by atoms with Gasteiger partial charge in [-0.15, -0.1) is 6.58 Å². The van der Waals surface area contributed by atoms with Crippen LogP contribution in [0.5, 0.6) is 5.75 Å². The molecule has 2 atom stereocenters. The Hall–Kier alpha value is -4.02. The van der Waals surface area contributed by atoms with Crippen molar-refractivity contribution in [1.82, 2.24) is 25.5 Å². The van der Waals surface area contributed by atoms with Crippen LogP contribution in [0.2, 0.25) is 0 Å². The zero-order chi connectivity index (χ0) is 27.2. The molecule has 2 aliphatic heterocycles. The van der Waals surface area contributed by atoms with E-state index in [0.29, 0.717) is 44.2 Å². The Labute approximate surface area is 218 Å². The number of nitrogens with zero attached hydrogens (tertiary/aromatic N) is 2. The van der Waals surface area contributed by atoms with E-state index in [1.54, 1.807) is 6.08 Å². The second-order valence-electron chi connectivity index (χ2n) is 10.5. The lowest BCUT2D eigenvalue weighted by molar-refractivity contribution is -0.131. The minimum atomic E-state index is -1.12. The molecule has 6 rings (SSSR count). The average molecular weight is 524 g/mol. The van der Waals surface area contributed by atoms with Crippen molar-refractivity contribution in [3.63, 3.8) is 0 Å². The second-order valence-corrected chi connectivity index (χ2v) is 10.5. The smallest absolute Gasteiger partial charge is 0.296 e. The Morgan fingerprint density at radius 1 is 1.21 bits per heavy atom. The summed E-state index contributed by atoms with van der Waals surface area (Å²) in [4.78, 5) is 56.3. The van der Waals surface area contributed by atoms with E-state index in [4.69, 9.17) is 0 Å². The molecule has 0 saturated heterocycles. The summed E-state index contributed by atoms with van der Waals surface area (Å²) >= 11 is 0. The highest BCUT2D eigenvalue weighted by atomic mass is 19.1. The Morgan fingerprint density at radius 3 is 2.50 bits per heavy atom. The Kier molecular flexibility index (Phi) is 6.32. The SMILES string of the molecule is C=C[C@@H]1C[C@]1(NC(C)=O)C(=O)NC12CCC(CC1)Cn1c2nc(C(=O)NCc2ccc(F)cc2)c(O)c1=O. The van der Waals surface area contributed by atoms with Crippen molar-refractivity contribution in [3.05, 3.63) is 70.2 Å². The molecule has 200 valence electrons. The van der Waals surface area contributed by atoms with Gasteiger partial charge >= 0.3 is 0 Å². The number of aromatic hydroxyl groups is 1. The fraction of sp³-hybridized carbons (Fsp3) is 0.444. The van der Waals surface area contributed by atoms with E-state index < -0.39 is 45.7 Å². The van der Waals surface area contributed by atoms with Gasteiger partial charge in [0.2, 0.25) is 17.6 Å². The normalized spacial score (nSPS) is 27.0. The van der Waals surface area contributed by atoms with Crippen molar-refractivity contribution >= 4 is 17.7 Å². The Balaban J connectivity index is 1.49. The van der Waals surface area contributed by atoms with Crippen molar-refractivity contribution in [2.24, 2.45) is 11.8 Å². The summed E-state index contributed by atoms with van der Waals surface area (Å²) in [6, 6.07) is 5.55. The number of fused-ring (bicyclic) bond motifs is 2. The molecule has 1 aromatic heterocycles. The van der Waals surface area contributed by atoms with Crippen molar-refractivity contribution < 1.29 is 23.9 Å². The van der Waals surface area contributed by atoms with E-state index in [1.165, 1.54) is 35.8 Å². The van der Waals surface area contributed by atoms with Crippen LogP contribution in [0.15, 0.2) is 41.7 Å². The third-order valence-electron chi connectivity index (χ3n) is 8.01. The molecule has 0 spiro atoms. The highest BCUT2D eigenvalue weighted by Crippen LogP contribution is 2.48. The Morgan fingerprint density at radius 2 is 1.89 bits per heavy atom. The monoisotopic (exact) mass is 523 g/mol. The van der Waals surface area contributed by atoms with Crippen molar-refractivity contribution in [2.45, 2.75) is 63.2 Å². The number of carbonyl (C=O) groups is 3. The molecule has 2 bridgehead atoms. The number of rotatable bonds is 7. The number of amides is 3. The maximum absolute atomic E-state index is 13.6. The van der Waals surface area contributed by atoms with E-state index in [2.05, 4.69) is 27.5 Å². The molecule has 2 saturated carbocycles. The van der Waals surface area contributed by atoms with Gasteiger partial charge in [0.15, 0.2) is 5.69 Å². The quantitative estimate of drug-likeness (QED) is 0.406. The lowest BCUT2D eigenvalue weighted by Crippen LogP contribution is -2.57. The summed E-state index contributed by atoms with van der Waals surface area (Å²) in [6.07, 6.45) is 4.46. The number of hydrogen-bond donors (Lipinski definition) is 4. The summed E-state index contributed by atoms with van der Waals surface area (Å²) in [5.41, 5.74) is -2.74. The van der Waals surface area contributed by atoms with Crippen LogP contribution >= 0.6 is 0 Å². The lowest BCUT2D eigenvalue weighted by atomic mass is 9.77. The largest absolute Gasteiger partial charge is 0.501 e. The third-order valence-corrected chi connectivity index (χ3v) is 8.01. The predicted molar refractivity (Wildman–Crippen MR) is 134 cm³/mol. The van der Waals surface area contributed by atoms with E-state index in [9.17, 15) is 28.7 Å². The summed E-state index contributed by atoms with van der Waals surface area (Å²) in [5, 5.41) is 19.1. The summed E-state index contributed by atoms with van der Waals surface area (Å²) in [6.45, 7) is 5.46. The van der Waals surface area contributed by atoms with Crippen molar-refractivity contribution in [1.29, 1.82) is 0 Å². The second kappa shape index (κ2) is 9.38. The van der Waals surface area contributed by atoms with Gasteiger partial charge in [-0.05, 0) is 55.7 Å². The van der Waals surface area contributed by atoms with Crippen LogP contribution in [0.25, 0.3) is 0 Å². The first-order chi connectivity index (χ1) is 18.1. The van der Waals surface area contributed by atoms with Gasteiger partial charge in [-0.1, -0.05) is 18.2 Å². The maximum atomic E-state index is 13.6. The number of benzene rings is 1.